The second-order valence-electron chi connectivity index (χ2n) is 4.82. The first-order valence-corrected chi connectivity index (χ1v) is 6.03. The molecule has 1 atom stereocenters. The third-order valence-corrected chi connectivity index (χ3v) is 3.29. The standard InChI is InChI=1S/C13H13FN2O2/c14-7-1-4-9-10(13(18)15-8-2-3-8)6-12(17)16-11(9)5-7/h1,4-5,8,10H,2-3,6H2,(H,15,18)(H,16,17). The summed E-state index contributed by atoms with van der Waals surface area (Å²) in [5.74, 6) is -1.31. The highest BCUT2D eigenvalue weighted by Gasteiger charge is 2.33. The average Bonchev–Trinajstić information content (AvgIpc) is 3.11. The Bertz CT molecular complexity index is 526. The quantitative estimate of drug-likeness (QED) is 0.833. The Balaban J connectivity index is 1.90. The lowest BCUT2D eigenvalue weighted by Gasteiger charge is -2.24. The van der Waals surface area contributed by atoms with Crippen LogP contribution in [-0.4, -0.2) is 17.9 Å². The first-order valence-electron chi connectivity index (χ1n) is 6.03. The average molecular weight is 248 g/mol. The van der Waals surface area contributed by atoms with E-state index in [0.29, 0.717) is 11.3 Å². The number of halogens is 1. The number of nitrogens with one attached hydrogen (secondary N) is 2. The number of amides is 2. The van der Waals surface area contributed by atoms with Gasteiger partial charge in [0.2, 0.25) is 11.8 Å². The summed E-state index contributed by atoms with van der Waals surface area (Å²) in [6.45, 7) is 0. The second kappa shape index (κ2) is 4.08. The molecule has 0 spiro atoms. The Hall–Kier alpha value is -1.91. The van der Waals surface area contributed by atoms with E-state index in [-0.39, 0.29) is 24.3 Å². The smallest absolute Gasteiger partial charge is 0.228 e. The second-order valence-corrected chi connectivity index (χ2v) is 4.82. The van der Waals surface area contributed by atoms with Crippen molar-refractivity contribution in [2.75, 3.05) is 5.32 Å². The fraction of sp³-hybridized carbons (Fsp3) is 0.385. The molecule has 3 rings (SSSR count). The van der Waals surface area contributed by atoms with Gasteiger partial charge in [0.1, 0.15) is 5.82 Å². The van der Waals surface area contributed by atoms with Crippen molar-refractivity contribution < 1.29 is 14.0 Å². The Morgan fingerprint density at radius 1 is 1.39 bits per heavy atom. The van der Waals surface area contributed by atoms with Gasteiger partial charge in [-0.05, 0) is 30.5 Å². The summed E-state index contributed by atoms with van der Waals surface area (Å²) in [6.07, 6.45) is 2.12. The van der Waals surface area contributed by atoms with E-state index in [9.17, 15) is 14.0 Å². The number of anilines is 1. The topological polar surface area (TPSA) is 58.2 Å². The maximum Gasteiger partial charge on any atom is 0.228 e. The fourth-order valence-electron chi connectivity index (χ4n) is 2.20. The van der Waals surface area contributed by atoms with Crippen molar-refractivity contribution in [3.8, 4) is 0 Å². The zero-order chi connectivity index (χ0) is 12.7. The largest absolute Gasteiger partial charge is 0.353 e. The van der Waals surface area contributed by atoms with Gasteiger partial charge in [0.25, 0.3) is 0 Å². The summed E-state index contributed by atoms with van der Waals surface area (Å²) in [7, 11) is 0. The minimum absolute atomic E-state index is 0.122. The third-order valence-electron chi connectivity index (χ3n) is 3.29. The van der Waals surface area contributed by atoms with Crippen LogP contribution in [0.3, 0.4) is 0 Å². The summed E-state index contributed by atoms with van der Waals surface area (Å²) in [6, 6.07) is 4.39. The Morgan fingerprint density at radius 3 is 2.89 bits per heavy atom. The molecule has 2 N–H and O–H groups in total. The van der Waals surface area contributed by atoms with Crippen LogP contribution in [-0.2, 0) is 9.59 Å². The van der Waals surface area contributed by atoms with Crippen LogP contribution in [0.4, 0.5) is 10.1 Å². The molecule has 1 heterocycles. The van der Waals surface area contributed by atoms with Crippen LogP contribution in [0.15, 0.2) is 18.2 Å². The van der Waals surface area contributed by atoms with Gasteiger partial charge < -0.3 is 10.6 Å². The van der Waals surface area contributed by atoms with Gasteiger partial charge in [-0.25, -0.2) is 4.39 Å². The third kappa shape index (κ3) is 2.08. The summed E-state index contributed by atoms with van der Waals surface area (Å²) >= 11 is 0. The lowest BCUT2D eigenvalue weighted by atomic mass is 9.89. The van der Waals surface area contributed by atoms with Crippen LogP contribution in [0, 0.1) is 5.82 Å². The van der Waals surface area contributed by atoms with Gasteiger partial charge in [0.05, 0.1) is 5.92 Å². The van der Waals surface area contributed by atoms with Crippen molar-refractivity contribution in [3.63, 3.8) is 0 Å². The summed E-state index contributed by atoms with van der Waals surface area (Å²) in [5.41, 5.74) is 1.09. The molecule has 0 radical (unpaired) electrons. The van der Waals surface area contributed by atoms with Crippen LogP contribution in [0.25, 0.3) is 0 Å². The number of fused-ring (bicyclic) bond motifs is 1. The molecule has 18 heavy (non-hydrogen) atoms. The minimum Gasteiger partial charge on any atom is -0.353 e. The molecule has 1 aliphatic heterocycles. The molecule has 1 fully saturated rings. The van der Waals surface area contributed by atoms with Gasteiger partial charge >= 0.3 is 0 Å². The van der Waals surface area contributed by atoms with Crippen LogP contribution in [0.2, 0.25) is 0 Å². The van der Waals surface area contributed by atoms with E-state index in [0.717, 1.165) is 12.8 Å². The zero-order valence-electron chi connectivity index (χ0n) is 9.70. The maximum absolute atomic E-state index is 13.1. The van der Waals surface area contributed by atoms with Gasteiger partial charge in [-0.1, -0.05) is 6.07 Å². The maximum atomic E-state index is 13.1. The monoisotopic (exact) mass is 248 g/mol. The summed E-state index contributed by atoms with van der Waals surface area (Å²) in [4.78, 5) is 23.6. The normalized spacial score (nSPS) is 22.1. The highest BCUT2D eigenvalue weighted by atomic mass is 19.1. The van der Waals surface area contributed by atoms with Crippen LogP contribution < -0.4 is 10.6 Å². The lowest BCUT2D eigenvalue weighted by molar-refractivity contribution is -0.126. The Labute approximate surface area is 104 Å². The van der Waals surface area contributed by atoms with Crippen LogP contribution in [0.1, 0.15) is 30.7 Å². The molecule has 2 aliphatic rings. The van der Waals surface area contributed by atoms with Gasteiger partial charge in [0, 0.05) is 18.2 Å². The van der Waals surface area contributed by atoms with E-state index < -0.39 is 11.7 Å². The van der Waals surface area contributed by atoms with Crippen LogP contribution in [0.5, 0.6) is 0 Å². The number of carbonyl (C=O) groups excluding carboxylic acids is 2. The summed E-state index contributed by atoms with van der Waals surface area (Å²) < 4.78 is 13.1. The van der Waals surface area contributed by atoms with Crippen molar-refractivity contribution in [3.05, 3.63) is 29.6 Å². The van der Waals surface area contributed by atoms with E-state index in [1.807, 2.05) is 0 Å². The minimum atomic E-state index is -0.505. The van der Waals surface area contributed by atoms with E-state index in [4.69, 9.17) is 0 Å². The molecule has 1 unspecified atom stereocenters. The number of carbonyl (C=O) groups is 2. The lowest BCUT2D eigenvalue weighted by Crippen LogP contribution is -2.36. The highest BCUT2D eigenvalue weighted by Crippen LogP contribution is 2.33. The molecule has 1 saturated carbocycles. The van der Waals surface area contributed by atoms with Crippen molar-refractivity contribution in [2.45, 2.75) is 31.2 Å². The highest BCUT2D eigenvalue weighted by molar-refractivity contribution is 6.01. The molecule has 1 aromatic carbocycles. The molecule has 94 valence electrons. The first-order chi connectivity index (χ1) is 8.63. The molecule has 0 aromatic heterocycles. The van der Waals surface area contributed by atoms with E-state index >= 15 is 0 Å². The molecule has 1 aromatic rings. The number of hydrogen-bond donors (Lipinski definition) is 2. The predicted octanol–water partition coefficient (Wildman–Crippen LogP) is 1.53. The molecular formula is C13H13FN2O2. The molecule has 1 aliphatic carbocycles. The first kappa shape index (κ1) is 11.2. The molecule has 5 heteroatoms. The van der Waals surface area contributed by atoms with Crippen molar-refractivity contribution in [2.24, 2.45) is 0 Å². The molecular weight excluding hydrogens is 235 g/mol. The number of rotatable bonds is 2. The zero-order valence-corrected chi connectivity index (χ0v) is 9.70. The Kier molecular flexibility index (Phi) is 2.54. The number of benzene rings is 1. The van der Waals surface area contributed by atoms with Crippen molar-refractivity contribution in [1.29, 1.82) is 0 Å². The fourth-order valence-corrected chi connectivity index (χ4v) is 2.20. The van der Waals surface area contributed by atoms with Crippen LogP contribution >= 0.6 is 0 Å². The molecule has 4 nitrogen and oxygen atoms in total. The van der Waals surface area contributed by atoms with Gasteiger partial charge in [-0.15, -0.1) is 0 Å². The summed E-state index contributed by atoms with van der Waals surface area (Å²) in [5, 5.41) is 5.48. The Morgan fingerprint density at radius 2 is 2.17 bits per heavy atom. The predicted molar refractivity (Wildman–Crippen MR) is 63.6 cm³/mol. The molecule has 0 bridgehead atoms. The van der Waals surface area contributed by atoms with Gasteiger partial charge in [0.15, 0.2) is 0 Å². The SMILES string of the molecule is O=C1CC(C(=O)NC2CC2)c2ccc(F)cc2N1. The molecule has 0 saturated heterocycles. The van der Waals surface area contributed by atoms with Gasteiger partial charge in [-0.2, -0.15) is 0 Å². The number of hydrogen-bond acceptors (Lipinski definition) is 2. The van der Waals surface area contributed by atoms with Gasteiger partial charge in [-0.3, -0.25) is 9.59 Å². The van der Waals surface area contributed by atoms with Crippen molar-refractivity contribution in [1.82, 2.24) is 5.32 Å². The van der Waals surface area contributed by atoms with Crippen molar-refractivity contribution >= 4 is 17.5 Å². The van der Waals surface area contributed by atoms with E-state index in [2.05, 4.69) is 10.6 Å². The van der Waals surface area contributed by atoms with E-state index in [1.165, 1.54) is 12.1 Å². The molecule has 2 amide bonds. The van der Waals surface area contributed by atoms with E-state index in [1.54, 1.807) is 6.07 Å².